The van der Waals surface area contributed by atoms with Crippen molar-refractivity contribution < 1.29 is 19.1 Å². The largest absolute Gasteiger partial charge is 0.461 e. The molecule has 0 rings (SSSR count). The minimum Gasteiger partial charge on any atom is -0.461 e. The van der Waals surface area contributed by atoms with Gasteiger partial charge in [-0.2, -0.15) is 0 Å². The summed E-state index contributed by atoms with van der Waals surface area (Å²) >= 11 is 0. The summed E-state index contributed by atoms with van der Waals surface area (Å²) in [7, 11) is 0. The molecule has 0 fully saturated rings. The number of carbonyl (C=O) groups is 2. The molecule has 0 unspecified atom stereocenters. The number of carbonyl (C=O) groups excluding carboxylic acids is 2. The lowest BCUT2D eigenvalue weighted by Gasteiger charge is -2.05. The van der Waals surface area contributed by atoms with Crippen LogP contribution in [0.5, 0.6) is 0 Å². The van der Waals surface area contributed by atoms with Crippen molar-refractivity contribution in [2.75, 3.05) is 13.2 Å². The summed E-state index contributed by atoms with van der Waals surface area (Å²) < 4.78 is 10.6. The Hall–Kier alpha value is -2.10. The molecule has 4 heteroatoms. The highest BCUT2D eigenvalue weighted by Gasteiger charge is 2.04. The van der Waals surface area contributed by atoms with Crippen molar-refractivity contribution in [3.8, 4) is 0 Å². The molecule has 0 bridgehead atoms. The quantitative estimate of drug-likeness (QED) is 0.117. The first-order chi connectivity index (χ1) is 15.7. The van der Waals surface area contributed by atoms with E-state index in [1.165, 1.54) is 22.3 Å². The Bertz CT molecular complexity index is 614. The van der Waals surface area contributed by atoms with Crippen LogP contribution < -0.4 is 0 Å². The van der Waals surface area contributed by atoms with E-state index in [1.807, 2.05) is 12.2 Å². The molecule has 0 amide bonds. The second-order valence-corrected chi connectivity index (χ2v) is 9.38. The van der Waals surface area contributed by atoms with Crippen molar-refractivity contribution in [1.29, 1.82) is 0 Å². The summed E-state index contributed by atoms with van der Waals surface area (Å²) in [6.45, 7) is 13.3. The van der Waals surface area contributed by atoms with Gasteiger partial charge in [-0.05, 0) is 92.2 Å². The van der Waals surface area contributed by atoms with Gasteiger partial charge in [0.05, 0.1) is 0 Å². The molecule has 0 aromatic carbocycles. The Kier molecular flexibility index (Phi) is 19.2. The highest BCUT2D eigenvalue weighted by molar-refractivity contribution is 5.69. The third-order valence-electron chi connectivity index (χ3n) is 5.30. The van der Waals surface area contributed by atoms with E-state index in [1.54, 1.807) is 0 Å². The predicted molar refractivity (Wildman–Crippen MR) is 139 cm³/mol. The molecular weight excluding hydrogens is 412 g/mol. The average molecular weight is 461 g/mol. The normalized spacial score (nSPS) is 11.7. The molecule has 0 atom stereocenters. The van der Waals surface area contributed by atoms with Crippen LogP contribution >= 0.6 is 0 Å². The zero-order valence-corrected chi connectivity index (χ0v) is 22.1. The summed E-state index contributed by atoms with van der Waals surface area (Å²) in [5, 5.41) is 0. The van der Waals surface area contributed by atoms with E-state index in [-0.39, 0.29) is 11.9 Å². The number of rotatable bonds is 18. The minimum absolute atomic E-state index is 0.129. The van der Waals surface area contributed by atoms with E-state index in [9.17, 15) is 9.59 Å². The van der Waals surface area contributed by atoms with E-state index in [4.69, 9.17) is 9.47 Å². The van der Waals surface area contributed by atoms with Crippen molar-refractivity contribution in [3.05, 3.63) is 46.6 Å². The number of allylic oxidation sites excluding steroid dienone is 6. The number of esters is 2. The fraction of sp³-hybridized carbons (Fsp3) is 0.655. The zero-order valence-electron chi connectivity index (χ0n) is 22.1. The Morgan fingerprint density at radius 1 is 0.515 bits per heavy atom. The number of hydrogen-bond donors (Lipinski definition) is 0. The zero-order chi connectivity index (χ0) is 24.9. The van der Waals surface area contributed by atoms with Crippen molar-refractivity contribution >= 4 is 11.9 Å². The topological polar surface area (TPSA) is 52.6 Å². The highest BCUT2D eigenvalue weighted by Crippen LogP contribution is 2.10. The molecule has 188 valence electrons. The van der Waals surface area contributed by atoms with Gasteiger partial charge in [-0.1, -0.05) is 53.7 Å². The lowest BCUT2D eigenvalue weighted by Crippen LogP contribution is -2.05. The van der Waals surface area contributed by atoms with Gasteiger partial charge in [0.1, 0.15) is 13.2 Å². The SMILES string of the molecule is CC(C)=CCCC(C)=CCOC(=O)CCCCCCCC(=O)OCC=C(C)CCC=C(C)C. The van der Waals surface area contributed by atoms with Crippen LogP contribution in [0.2, 0.25) is 0 Å². The Balaban J connectivity index is 3.67. The van der Waals surface area contributed by atoms with Gasteiger partial charge in [-0.3, -0.25) is 9.59 Å². The van der Waals surface area contributed by atoms with Crippen LogP contribution in [0, 0.1) is 0 Å². The molecule has 0 spiro atoms. The standard InChI is InChI=1S/C29H48O4/c1-24(2)14-12-16-26(5)20-22-32-28(30)18-10-8-7-9-11-19-29(31)33-23-21-27(6)17-13-15-25(3)4/h14-15,20-21H,7-13,16-19,22-23H2,1-6H3. The lowest BCUT2D eigenvalue weighted by atomic mass is 10.1. The van der Waals surface area contributed by atoms with Crippen LogP contribution in [0.25, 0.3) is 0 Å². The second kappa shape index (κ2) is 20.5. The van der Waals surface area contributed by atoms with Gasteiger partial charge in [0.25, 0.3) is 0 Å². The van der Waals surface area contributed by atoms with Crippen molar-refractivity contribution in [3.63, 3.8) is 0 Å². The smallest absolute Gasteiger partial charge is 0.306 e. The maximum atomic E-state index is 11.8. The van der Waals surface area contributed by atoms with Gasteiger partial charge < -0.3 is 9.47 Å². The van der Waals surface area contributed by atoms with E-state index in [0.717, 1.165) is 57.8 Å². The van der Waals surface area contributed by atoms with Gasteiger partial charge >= 0.3 is 11.9 Å². The van der Waals surface area contributed by atoms with Crippen molar-refractivity contribution in [2.45, 2.75) is 112 Å². The molecular formula is C29H48O4. The van der Waals surface area contributed by atoms with Gasteiger partial charge in [-0.25, -0.2) is 0 Å². The molecule has 33 heavy (non-hydrogen) atoms. The summed E-state index contributed by atoms with van der Waals surface area (Å²) in [6, 6.07) is 0. The summed E-state index contributed by atoms with van der Waals surface area (Å²) in [6.07, 6.45) is 18.1. The maximum absolute atomic E-state index is 11.8. The van der Waals surface area contributed by atoms with Gasteiger partial charge in [0.2, 0.25) is 0 Å². The van der Waals surface area contributed by atoms with Crippen LogP contribution in [-0.4, -0.2) is 25.2 Å². The first-order valence-corrected chi connectivity index (χ1v) is 12.6. The molecule has 0 saturated carbocycles. The van der Waals surface area contributed by atoms with E-state index < -0.39 is 0 Å². The number of unbranched alkanes of at least 4 members (excludes halogenated alkanes) is 4. The average Bonchev–Trinajstić information content (AvgIpc) is 2.72. The Morgan fingerprint density at radius 2 is 0.879 bits per heavy atom. The fourth-order valence-electron chi connectivity index (χ4n) is 3.15. The molecule has 0 saturated heterocycles. The van der Waals surface area contributed by atoms with E-state index >= 15 is 0 Å². The van der Waals surface area contributed by atoms with Gasteiger partial charge in [0.15, 0.2) is 0 Å². The minimum atomic E-state index is -0.129. The highest BCUT2D eigenvalue weighted by atomic mass is 16.5. The summed E-state index contributed by atoms with van der Waals surface area (Å²) in [5.41, 5.74) is 5.17. The van der Waals surface area contributed by atoms with Crippen LogP contribution in [0.3, 0.4) is 0 Å². The molecule has 0 radical (unpaired) electrons. The van der Waals surface area contributed by atoms with E-state index in [2.05, 4.69) is 53.7 Å². The maximum Gasteiger partial charge on any atom is 0.306 e. The van der Waals surface area contributed by atoms with Gasteiger partial charge in [0, 0.05) is 12.8 Å². The molecule has 0 aliphatic rings. The summed E-state index contributed by atoms with van der Waals surface area (Å²) in [5.74, 6) is -0.257. The van der Waals surface area contributed by atoms with Gasteiger partial charge in [-0.15, -0.1) is 0 Å². The van der Waals surface area contributed by atoms with Crippen molar-refractivity contribution in [2.24, 2.45) is 0 Å². The lowest BCUT2D eigenvalue weighted by molar-refractivity contribution is -0.143. The summed E-state index contributed by atoms with van der Waals surface area (Å²) in [4.78, 5) is 23.6. The van der Waals surface area contributed by atoms with Crippen LogP contribution in [0.15, 0.2) is 46.6 Å². The molecule has 0 aromatic heterocycles. The van der Waals surface area contributed by atoms with Crippen molar-refractivity contribution in [1.82, 2.24) is 0 Å². The van der Waals surface area contributed by atoms with E-state index in [0.29, 0.717) is 26.1 Å². The molecule has 0 aliphatic heterocycles. The Morgan fingerprint density at radius 3 is 1.24 bits per heavy atom. The molecule has 0 N–H and O–H groups in total. The monoisotopic (exact) mass is 460 g/mol. The van der Waals surface area contributed by atoms with Crippen LogP contribution in [-0.2, 0) is 19.1 Å². The van der Waals surface area contributed by atoms with Crippen LogP contribution in [0.1, 0.15) is 112 Å². The first kappa shape index (κ1) is 30.9. The molecule has 0 heterocycles. The van der Waals surface area contributed by atoms with Crippen LogP contribution in [0.4, 0.5) is 0 Å². The molecule has 0 aliphatic carbocycles. The number of ether oxygens (including phenoxy) is 2. The second-order valence-electron chi connectivity index (χ2n) is 9.38. The third-order valence-corrected chi connectivity index (χ3v) is 5.30. The predicted octanol–water partition coefficient (Wildman–Crippen LogP) is 8.19. The fourth-order valence-corrected chi connectivity index (χ4v) is 3.15. The molecule has 4 nitrogen and oxygen atoms in total. The third kappa shape index (κ3) is 22.9. The number of hydrogen-bond acceptors (Lipinski definition) is 4. The Labute approximate surface area is 203 Å². The molecule has 0 aromatic rings. The first-order valence-electron chi connectivity index (χ1n) is 12.6.